The maximum atomic E-state index is 12.6. The first kappa shape index (κ1) is 16.5. The Morgan fingerprint density at radius 1 is 1.33 bits per heavy atom. The van der Waals surface area contributed by atoms with Gasteiger partial charge < -0.3 is 15.6 Å². The summed E-state index contributed by atoms with van der Waals surface area (Å²) in [5, 5.41) is 6.16. The molecule has 7 nitrogen and oxygen atoms in total. The first-order valence-electron chi connectivity index (χ1n) is 7.02. The molecule has 0 spiro atoms. The first-order valence-corrected chi connectivity index (χ1v) is 8.62. The summed E-state index contributed by atoms with van der Waals surface area (Å²) in [5.41, 5.74) is 0.265. The third-order valence-corrected chi connectivity index (χ3v) is 4.38. The molecule has 124 valence electrons. The van der Waals surface area contributed by atoms with Crippen LogP contribution in [0.2, 0.25) is 5.02 Å². The quantitative estimate of drug-likeness (QED) is 0.572. The summed E-state index contributed by atoms with van der Waals surface area (Å²) in [4.78, 5) is 43.5. The highest BCUT2D eigenvalue weighted by Crippen LogP contribution is 2.30. The Balaban J connectivity index is 1.94. The van der Waals surface area contributed by atoms with Gasteiger partial charge in [-0.15, -0.1) is 0 Å². The van der Waals surface area contributed by atoms with Crippen LogP contribution in [0.25, 0.3) is 0 Å². The number of amides is 2. The van der Waals surface area contributed by atoms with Crippen molar-refractivity contribution in [2.45, 2.75) is 17.5 Å². The smallest absolute Gasteiger partial charge is 0.257 e. The summed E-state index contributed by atoms with van der Waals surface area (Å²) in [6.45, 7) is 0. The van der Waals surface area contributed by atoms with E-state index in [0.717, 1.165) is 0 Å². The number of hydrogen-bond donors (Lipinski definition) is 3. The predicted octanol–water partition coefficient (Wildman–Crippen LogP) is 2.21. The zero-order valence-electron chi connectivity index (χ0n) is 12.6. The monoisotopic (exact) mass is 364 g/mol. The molecule has 9 heteroatoms. The molecule has 1 aromatic heterocycles. The first-order chi connectivity index (χ1) is 11.5. The zero-order valence-corrected chi connectivity index (χ0v) is 14.1. The zero-order chi connectivity index (χ0) is 17.3. The molecule has 0 unspecified atom stereocenters. The van der Waals surface area contributed by atoms with E-state index in [4.69, 9.17) is 11.6 Å². The number of rotatable bonds is 3. The molecular weight excluding hydrogens is 352 g/mol. The molecule has 3 rings (SSSR count). The molecule has 1 atom stereocenters. The molecule has 2 amide bonds. The lowest BCUT2D eigenvalue weighted by Gasteiger charge is -2.23. The minimum atomic E-state index is -0.906. The highest BCUT2D eigenvalue weighted by molar-refractivity contribution is 7.98. The lowest BCUT2D eigenvalue weighted by molar-refractivity contribution is -0.123. The Hall–Kier alpha value is -2.32. The highest BCUT2D eigenvalue weighted by atomic mass is 35.5. The van der Waals surface area contributed by atoms with Gasteiger partial charge in [0.2, 0.25) is 11.8 Å². The van der Waals surface area contributed by atoms with Gasteiger partial charge in [0.15, 0.2) is 5.16 Å². The van der Waals surface area contributed by atoms with Gasteiger partial charge in [-0.2, -0.15) is 0 Å². The van der Waals surface area contributed by atoms with Crippen molar-refractivity contribution in [3.8, 4) is 0 Å². The number of fused-ring (bicyclic) bond motifs is 1. The molecule has 24 heavy (non-hydrogen) atoms. The summed E-state index contributed by atoms with van der Waals surface area (Å²) in [7, 11) is 0. The van der Waals surface area contributed by atoms with Crippen LogP contribution in [-0.4, -0.2) is 28.0 Å². The Kier molecular flexibility index (Phi) is 4.59. The Labute approximate surface area is 146 Å². The molecule has 2 heterocycles. The molecule has 0 saturated heterocycles. The van der Waals surface area contributed by atoms with Gasteiger partial charge in [-0.25, -0.2) is 4.98 Å². The lowest BCUT2D eigenvalue weighted by Crippen LogP contribution is -2.36. The van der Waals surface area contributed by atoms with E-state index in [2.05, 4.69) is 20.6 Å². The molecule has 1 aliphatic rings. The number of anilines is 2. The minimum absolute atomic E-state index is 0.115. The van der Waals surface area contributed by atoms with Crippen molar-refractivity contribution in [1.29, 1.82) is 0 Å². The lowest BCUT2D eigenvalue weighted by atomic mass is 9.92. The van der Waals surface area contributed by atoms with Crippen LogP contribution >= 0.6 is 23.4 Å². The number of thioether (sulfide) groups is 1. The fourth-order valence-corrected chi connectivity index (χ4v) is 2.94. The van der Waals surface area contributed by atoms with Gasteiger partial charge in [0.25, 0.3) is 5.56 Å². The van der Waals surface area contributed by atoms with Crippen LogP contribution in [0.4, 0.5) is 11.5 Å². The van der Waals surface area contributed by atoms with Crippen molar-refractivity contribution in [3.63, 3.8) is 0 Å². The number of H-pyrrole nitrogens is 1. The number of halogens is 1. The fraction of sp³-hybridized carbons (Fsp3) is 0.200. The summed E-state index contributed by atoms with van der Waals surface area (Å²) >= 11 is 7.05. The average molecular weight is 365 g/mol. The minimum Gasteiger partial charge on any atom is -0.326 e. The number of nitrogens with one attached hydrogen (secondary N) is 3. The second-order valence-electron chi connectivity index (χ2n) is 5.14. The Bertz CT molecular complexity index is 866. The van der Waals surface area contributed by atoms with Crippen molar-refractivity contribution in [1.82, 2.24) is 9.97 Å². The second kappa shape index (κ2) is 6.66. The Morgan fingerprint density at radius 2 is 2.04 bits per heavy atom. The Morgan fingerprint density at radius 3 is 2.71 bits per heavy atom. The molecule has 2 aromatic rings. The number of carbonyl (C=O) groups is 2. The summed E-state index contributed by atoms with van der Waals surface area (Å²) in [5.74, 6) is -1.58. The predicted molar refractivity (Wildman–Crippen MR) is 92.7 cm³/mol. The van der Waals surface area contributed by atoms with Gasteiger partial charge in [-0.3, -0.25) is 14.4 Å². The third kappa shape index (κ3) is 3.29. The van der Waals surface area contributed by atoms with Gasteiger partial charge >= 0.3 is 0 Å². The summed E-state index contributed by atoms with van der Waals surface area (Å²) in [6, 6.07) is 6.56. The molecular formula is C15H13ClN4O3S. The summed E-state index contributed by atoms with van der Waals surface area (Å²) in [6.07, 6.45) is 1.63. The molecule has 0 aliphatic carbocycles. The maximum absolute atomic E-state index is 12.6. The second-order valence-corrected chi connectivity index (χ2v) is 6.37. The maximum Gasteiger partial charge on any atom is 0.257 e. The number of benzene rings is 1. The molecule has 1 aliphatic heterocycles. The highest BCUT2D eigenvalue weighted by Gasteiger charge is 2.34. The van der Waals surface area contributed by atoms with Gasteiger partial charge in [0.1, 0.15) is 5.82 Å². The van der Waals surface area contributed by atoms with E-state index in [9.17, 15) is 14.4 Å². The number of aromatic nitrogens is 2. The number of hydrogen-bond acceptors (Lipinski definition) is 5. The van der Waals surface area contributed by atoms with Crippen molar-refractivity contribution < 1.29 is 9.59 Å². The van der Waals surface area contributed by atoms with Gasteiger partial charge in [0.05, 0.1) is 11.5 Å². The van der Waals surface area contributed by atoms with Crippen molar-refractivity contribution in [2.75, 3.05) is 16.9 Å². The van der Waals surface area contributed by atoms with Crippen LogP contribution in [0.1, 0.15) is 17.9 Å². The van der Waals surface area contributed by atoms with E-state index < -0.39 is 17.4 Å². The molecule has 0 radical (unpaired) electrons. The number of aromatic amines is 1. The summed E-state index contributed by atoms with van der Waals surface area (Å²) < 4.78 is 0. The van der Waals surface area contributed by atoms with E-state index in [-0.39, 0.29) is 23.7 Å². The van der Waals surface area contributed by atoms with Crippen LogP contribution in [0.3, 0.4) is 0 Å². The van der Waals surface area contributed by atoms with Crippen LogP contribution in [0.5, 0.6) is 0 Å². The molecule has 0 bridgehead atoms. The van der Waals surface area contributed by atoms with Gasteiger partial charge in [-0.1, -0.05) is 23.4 Å². The van der Waals surface area contributed by atoms with Crippen LogP contribution in [0, 0.1) is 0 Å². The topological polar surface area (TPSA) is 104 Å². The van der Waals surface area contributed by atoms with E-state index in [1.54, 1.807) is 30.5 Å². The molecule has 3 N–H and O–H groups in total. The SMILES string of the molecule is CSc1nc2c(c(=O)[nH]1)[C@@H](C(=O)Nc1ccc(Cl)cc1)CC(=O)N2. The van der Waals surface area contributed by atoms with Crippen LogP contribution < -0.4 is 16.2 Å². The molecule has 0 fully saturated rings. The van der Waals surface area contributed by atoms with E-state index in [0.29, 0.717) is 15.9 Å². The van der Waals surface area contributed by atoms with Gasteiger partial charge in [-0.05, 0) is 30.5 Å². The third-order valence-electron chi connectivity index (χ3n) is 3.55. The largest absolute Gasteiger partial charge is 0.326 e. The van der Waals surface area contributed by atoms with Crippen molar-refractivity contribution >= 4 is 46.7 Å². The fourth-order valence-electron chi connectivity index (χ4n) is 2.43. The number of nitrogens with zero attached hydrogens (tertiary/aromatic N) is 1. The van der Waals surface area contributed by atoms with E-state index >= 15 is 0 Å². The average Bonchev–Trinajstić information content (AvgIpc) is 2.55. The van der Waals surface area contributed by atoms with E-state index in [1.165, 1.54) is 11.8 Å². The molecule has 1 aromatic carbocycles. The van der Waals surface area contributed by atoms with Crippen LogP contribution in [-0.2, 0) is 9.59 Å². The van der Waals surface area contributed by atoms with Crippen LogP contribution in [0.15, 0.2) is 34.2 Å². The normalized spacial score (nSPS) is 16.2. The van der Waals surface area contributed by atoms with E-state index in [1.807, 2.05) is 0 Å². The standard InChI is InChI=1S/C15H13ClN4O3S/c1-24-15-19-12-11(14(23)20-15)9(6-10(21)18-12)13(22)17-8-4-2-7(16)3-5-8/h2-5,9H,6H2,1H3,(H,17,22)(H2,18,19,20,21,23)/t9-/m0/s1. The van der Waals surface area contributed by atoms with Crippen molar-refractivity contribution in [3.05, 3.63) is 45.2 Å². The molecule has 0 saturated carbocycles. The van der Waals surface area contributed by atoms with Crippen molar-refractivity contribution in [2.24, 2.45) is 0 Å². The number of carbonyl (C=O) groups excluding carboxylic acids is 2. The van der Waals surface area contributed by atoms with Gasteiger partial charge in [0, 0.05) is 17.1 Å².